The Morgan fingerprint density at radius 3 is 1.42 bits per heavy atom. The molecule has 4 aromatic rings. The number of primary amides is 1. The number of amides is 14. The van der Waals surface area contributed by atoms with Crippen molar-refractivity contribution in [3.05, 3.63) is 108 Å². The standard InChI is InChI=1S/C77H109N19O20S/c1-6-8-11-18-50-69(109)90-55(33-45-23-27-49(98)28-24-45)73(113)92-56(34-48-37-81-41-84-48)74(114)93-57(35-62(101)102)67(107)83-38-60(99)96-64(42(3)4)76(116)89-53(29-31-97)71(111)91-54(32-44-21-25-47(26-22-44)46-16-13-10-14-17-46)72(112)88-51(19-12-9-7-2)70(110)94-58(36-63(103)104)75(115)95-59(65(78)105)39-117-40-61(100)85-43(5)66(106)86-52(68(108)87-50)20-15-30-82-77(79)80/h10,13-14,16-17,21-28,37,41-43,50-59,64,97-98H,6-9,11-12,15,18-20,29-36,38-40H2,1-5H3,(H2,78,105)(H,81,84)(H,83,107)(H,85,100)(H,86,106)(H,87,108)(H,88,112)(H,89,116)(H,90,109)(H,91,111)(H,92,113)(H,93,114)(H,94,110)(H,95,115)(H,96,99)(H,101,102)(H,103,104)(H4,79,80,82)/t43-,50-,51-,52-,53-,54-,55-,56-,57-,58-,59-,64-/m0/s1. The molecule has 638 valence electrons. The monoisotopic (exact) mass is 1650 g/mol. The molecule has 5 rings (SSSR count). The number of aliphatic hydroxyl groups excluding tert-OH is 1. The number of H-pyrrole nitrogens is 1. The zero-order valence-corrected chi connectivity index (χ0v) is 66.7. The Hall–Kier alpha value is -12.2. The maximum atomic E-state index is 14.9. The summed E-state index contributed by atoms with van der Waals surface area (Å²) in [6, 6.07) is 1.93. The zero-order valence-electron chi connectivity index (χ0n) is 65.8. The van der Waals surface area contributed by atoms with E-state index in [-0.39, 0.29) is 62.9 Å². The molecule has 40 heteroatoms. The summed E-state index contributed by atoms with van der Waals surface area (Å²) in [5, 5.41) is 83.2. The molecule has 24 N–H and O–H groups in total. The second-order valence-corrected chi connectivity index (χ2v) is 29.4. The fourth-order valence-corrected chi connectivity index (χ4v) is 13.0. The molecule has 0 aliphatic carbocycles. The number of nitrogens with two attached hydrogens (primary N) is 2. The van der Waals surface area contributed by atoms with Crippen LogP contribution in [0.15, 0.2) is 91.4 Å². The molecule has 2 heterocycles. The zero-order chi connectivity index (χ0) is 86.3. The van der Waals surface area contributed by atoms with Crippen LogP contribution in [-0.2, 0) is 96.0 Å². The Morgan fingerprint density at radius 2 is 0.949 bits per heavy atom. The average Bonchev–Trinajstić information content (AvgIpc) is 1.42. The number of aromatic amines is 1. The van der Waals surface area contributed by atoms with E-state index in [0.29, 0.717) is 43.2 Å². The molecule has 0 unspecified atom stereocenters. The van der Waals surface area contributed by atoms with Crippen molar-refractivity contribution in [3.63, 3.8) is 0 Å². The number of carboxylic acid groups (broad SMARTS) is 2. The predicted molar refractivity (Wildman–Crippen MR) is 427 cm³/mol. The number of aromatic hydroxyl groups is 1. The van der Waals surface area contributed by atoms with Crippen LogP contribution in [0.1, 0.15) is 135 Å². The van der Waals surface area contributed by atoms with Gasteiger partial charge in [-0.25, -0.2) is 4.98 Å². The van der Waals surface area contributed by atoms with Gasteiger partial charge in [0, 0.05) is 44.4 Å². The molecule has 14 amide bonds. The van der Waals surface area contributed by atoms with Gasteiger partial charge in [0.2, 0.25) is 82.7 Å². The number of nitrogens with one attached hydrogen (secondary N) is 16. The van der Waals surface area contributed by atoms with E-state index in [2.05, 4.69) is 84.4 Å². The Balaban J connectivity index is 1.58. The summed E-state index contributed by atoms with van der Waals surface area (Å²) in [4.78, 5) is 231. The fourth-order valence-electron chi connectivity index (χ4n) is 12.1. The topological polar surface area (TPSA) is 627 Å². The smallest absolute Gasteiger partial charge is 0.305 e. The number of carbonyl (C=O) groups excluding carboxylic acids is 14. The summed E-state index contributed by atoms with van der Waals surface area (Å²) in [5.74, 6) is -20.2. The minimum absolute atomic E-state index is 0.0192. The van der Waals surface area contributed by atoms with Gasteiger partial charge in [0.25, 0.3) is 0 Å². The quantitative estimate of drug-likeness (QED) is 0.0165. The Labute approximate surface area is 679 Å². The van der Waals surface area contributed by atoms with Gasteiger partial charge in [-0.3, -0.25) is 82.1 Å². The first-order valence-corrected chi connectivity index (χ1v) is 39.6. The van der Waals surface area contributed by atoms with E-state index in [1.807, 2.05) is 44.2 Å². The van der Waals surface area contributed by atoms with Crippen molar-refractivity contribution in [1.29, 1.82) is 5.41 Å². The maximum absolute atomic E-state index is 14.9. The molecule has 1 aliphatic heterocycles. The summed E-state index contributed by atoms with van der Waals surface area (Å²) in [6.45, 7) is 6.32. The van der Waals surface area contributed by atoms with Crippen molar-refractivity contribution in [2.24, 2.45) is 17.4 Å². The molecule has 117 heavy (non-hydrogen) atoms. The second-order valence-electron chi connectivity index (χ2n) is 28.4. The van der Waals surface area contributed by atoms with Gasteiger partial charge in [-0.1, -0.05) is 133 Å². The van der Waals surface area contributed by atoms with E-state index in [0.717, 1.165) is 22.9 Å². The highest BCUT2D eigenvalue weighted by Crippen LogP contribution is 2.21. The average molecular weight is 1650 g/mol. The Kier molecular flexibility index (Phi) is 40.4. The van der Waals surface area contributed by atoms with Crippen molar-refractivity contribution < 1.29 is 97.1 Å². The number of hydrogen-bond donors (Lipinski definition) is 22. The number of unbranched alkanes of at least 4 members (excludes halogenated alkanes) is 4. The Morgan fingerprint density at radius 1 is 0.513 bits per heavy atom. The molecule has 39 nitrogen and oxygen atoms in total. The van der Waals surface area contributed by atoms with Gasteiger partial charge in [-0.2, -0.15) is 0 Å². The number of phenols is 1. The number of benzene rings is 3. The van der Waals surface area contributed by atoms with Gasteiger partial charge in [-0.15, -0.1) is 11.8 Å². The molecule has 12 atom stereocenters. The van der Waals surface area contributed by atoms with Gasteiger partial charge in [0.15, 0.2) is 5.96 Å². The van der Waals surface area contributed by atoms with Crippen LogP contribution >= 0.6 is 11.8 Å². The van der Waals surface area contributed by atoms with Crippen LogP contribution in [0.3, 0.4) is 0 Å². The first kappa shape index (κ1) is 95.4. The molecule has 3 aromatic carbocycles. The third-order valence-corrected chi connectivity index (χ3v) is 19.6. The number of thioether (sulfide) groups is 1. The van der Waals surface area contributed by atoms with Crippen LogP contribution < -0.4 is 85.9 Å². The van der Waals surface area contributed by atoms with Gasteiger partial charge < -0.3 is 111 Å². The van der Waals surface area contributed by atoms with Crippen molar-refractivity contribution in [1.82, 2.24) is 84.4 Å². The SMILES string of the molecule is CCCCC[C@@H]1NC(=O)[C@H](CCCNC(=N)N)NC(=O)[C@H](C)NC(=O)CSC[C@@H](C(N)=O)NC(=O)[C@H](CC(=O)O)NC(=O)[C@H](CCCCC)NC(=O)[C@H](Cc2ccc(-c3ccccc3)cc2)NC(=O)[C@H](CCO)NC(=O)[C@H](C(C)C)NC(=O)CNC(=O)[C@H](CC(=O)O)NC(=O)[C@H](Cc2c[nH]cn2)NC(=O)[C@H](Cc2ccc(O)cc2)NC1=O. The van der Waals surface area contributed by atoms with Crippen molar-refractivity contribution in [3.8, 4) is 16.9 Å². The van der Waals surface area contributed by atoms with E-state index in [1.165, 1.54) is 57.6 Å². The van der Waals surface area contributed by atoms with Crippen LogP contribution in [0.4, 0.5) is 0 Å². The lowest BCUT2D eigenvalue weighted by Crippen LogP contribution is -2.61. The van der Waals surface area contributed by atoms with Gasteiger partial charge >= 0.3 is 11.9 Å². The van der Waals surface area contributed by atoms with Gasteiger partial charge in [0.1, 0.15) is 78.3 Å². The number of aromatic nitrogens is 2. The van der Waals surface area contributed by atoms with Crippen molar-refractivity contribution in [2.75, 3.05) is 31.2 Å². The van der Waals surface area contributed by atoms with E-state index < -0.39 is 229 Å². The van der Waals surface area contributed by atoms with Crippen LogP contribution in [0.2, 0.25) is 0 Å². The highest BCUT2D eigenvalue weighted by Gasteiger charge is 2.38. The van der Waals surface area contributed by atoms with E-state index in [9.17, 15) is 97.1 Å². The fraction of sp³-hybridized carbons (Fsp3) is 0.506. The predicted octanol–water partition coefficient (Wildman–Crippen LogP) is -2.59. The summed E-state index contributed by atoms with van der Waals surface area (Å²) >= 11 is 0.731. The minimum Gasteiger partial charge on any atom is -0.508 e. The number of aliphatic carboxylic acids is 2. The first-order chi connectivity index (χ1) is 55.7. The maximum Gasteiger partial charge on any atom is 0.305 e. The number of nitrogens with zero attached hydrogens (tertiary/aromatic N) is 1. The number of imidazole rings is 1. The van der Waals surface area contributed by atoms with Crippen molar-refractivity contribution in [2.45, 2.75) is 210 Å². The summed E-state index contributed by atoms with van der Waals surface area (Å²) in [5.41, 5.74) is 13.8. The van der Waals surface area contributed by atoms with Crippen LogP contribution in [0.5, 0.6) is 5.75 Å². The molecule has 1 aliphatic rings. The number of carbonyl (C=O) groups is 16. The molecule has 0 saturated carbocycles. The molecule has 1 saturated heterocycles. The lowest BCUT2D eigenvalue weighted by Gasteiger charge is -2.28. The molecule has 1 aromatic heterocycles. The number of phenolic OH excluding ortho intramolecular Hbond substituents is 1. The van der Waals surface area contributed by atoms with Crippen LogP contribution in [-0.4, -0.2) is 235 Å². The lowest BCUT2D eigenvalue weighted by atomic mass is 9.99. The third-order valence-electron chi connectivity index (χ3n) is 18.5. The summed E-state index contributed by atoms with van der Waals surface area (Å²) in [6.07, 6.45) is 1.48. The molecule has 0 spiro atoms. The number of hydrogen-bond acceptors (Lipinski definition) is 21. The molecular formula is C77H109N19O20S. The molecule has 0 radical (unpaired) electrons. The van der Waals surface area contributed by atoms with E-state index in [4.69, 9.17) is 16.9 Å². The highest BCUT2D eigenvalue weighted by molar-refractivity contribution is 8.00. The molecule has 1 fully saturated rings. The second kappa shape index (κ2) is 49.5. The first-order valence-electron chi connectivity index (χ1n) is 38.5. The van der Waals surface area contributed by atoms with Crippen LogP contribution in [0, 0.1) is 11.3 Å². The van der Waals surface area contributed by atoms with E-state index in [1.54, 1.807) is 24.3 Å². The number of rotatable bonds is 27. The summed E-state index contributed by atoms with van der Waals surface area (Å²) < 4.78 is 0. The van der Waals surface area contributed by atoms with Crippen molar-refractivity contribution >= 4 is 112 Å². The molecule has 0 bridgehead atoms. The van der Waals surface area contributed by atoms with Gasteiger partial charge in [-0.05, 0) is 79.3 Å². The summed E-state index contributed by atoms with van der Waals surface area (Å²) in [7, 11) is 0. The lowest BCUT2D eigenvalue weighted by molar-refractivity contribution is -0.141. The number of guanidine groups is 1. The Bertz CT molecular complexity index is 4050. The minimum atomic E-state index is -1.99. The number of aliphatic hydroxyl groups is 1. The number of carboxylic acids is 2. The van der Waals surface area contributed by atoms with E-state index >= 15 is 0 Å². The third kappa shape index (κ3) is 34.0. The normalized spacial score (nSPS) is 23.1. The highest BCUT2D eigenvalue weighted by atomic mass is 32.2. The largest absolute Gasteiger partial charge is 0.508 e. The van der Waals surface area contributed by atoms with Crippen LogP contribution in [0.25, 0.3) is 11.1 Å². The van der Waals surface area contributed by atoms with Gasteiger partial charge in [0.05, 0.1) is 37.2 Å². The molecular weight excluding hydrogens is 1540 g/mol.